The Kier molecular flexibility index (Phi) is 7.48. The fraction of sp³-hybridized carbons (Fsp3) is 0.455. The number of amides is 2. The summed E-state index contributed by atoms with van der Waals surface area (Å²) in [5.74, 6) is 4.83. The monoisotopic (exact) mass is 411 g/mol. The molecule has 1 aromatic carbocycles. The average Bonchev–Trinajstić information content (AvgIpc) is 2.77. The van der Waals surface area contributed by atoms with Gasteiger partial charge in [0.2, 0.25) is 0 Å². The lowest BCUT2D eigenvalue weighted by atomic mass is 10.0. The van der Waals surface area contributed by atoms with Crippen molar-refractivity contribution in [1.82, 2.24) is 20.5 Å². The highest BCUT2D eigenvalue weighted by Crippen LogP contribution is 2.19. The number of ether oxygens (including phenoxy) is 1. The summed E-state index contributed by atoms with van der Waals surface area (Å²) < 4.78 is 6.03. The minimum absolute atomic E-state index is 0.0201. The molecule has 1 aromatic heterocycles. The second kappa shape index (κ2) is 10.3. The van der Waals surface area contributed by atoms with E-state index in [4.69, 9.17) is 10.6 Å². The zero-order chi connectivity index (χ0) is 21.5. The van der Waals surface area contributed by atoms with Crippen LogP contribution in [0.5, 0.6) is 0 Å². The Labute approximate surface area is 176 Å². The lowest BCUT2D eigenvalue weighted by molar-refractivity contribution is -0.00692. The van der Waals surface area contributed by atoms with Gasteiger partial charge in [-0.25, -0.2) is 5.84 Å². The predicted octanol–water partition coefficient (Wildman–Crippen LogP) is 2.10. The molecule has 0 radical (unpaired) electrons. The van der Waals surface area contributed by atoms with Crippen LogP contribution < -0.4 is 11.3 Å². The van der Waals surface area contributed by atoms with Gasteiger partial charge in [-0.2, -0.15) is 0 Å². The molecule has 1 saturated heterocycles. The molecule has 160 valence electrons. The number of piperidine rings is 1. The van der Waals surface area contributed by atoms with Crippen molar-refractivity contribution in [2.45, 2.75) is 45.8 Å². The molecule has 1 atom stereocenters. The zero-order valence-corrected chi connectivity index (χ0v) is 17.5. The first-order valence-electron chi connectivity index (χ1n) is 10.3. The number of hydrazine groups is 1. The normalized spacial score (nSPS) is 16.5. The van der Waals surface area contributed by atoms with Gasteiger partial charge in [0, 0.05) is 13.1 Å². The summed E-state index contributed by atoms with van der Waals surface area (Å²) >= 11 is 0. The van der Waals surface area contributed by atoms with Crippen LogP contribution in [0.3, 0.4) is 0 Å². The van der Waals surface area contributed by atoms with Gasteiger partial charge in [-0.05, 0) is 42.4 Å². The van der Waals surface area contributed by atoms with Crippen LogP contribution in [-0.2, 0) is 17.8 Å². The molecule has 0 bridgehead atoms. The summed E-state index contributed by atoms with van der Waals surface area (Å²) in [6.45, 7) is 5.75. The van der Waals surface area contributed by atoms with Crippen LogP contribution in [0.2, 0.25) is 0 Å². The highest BCUT2D eigenvalue weighted by Gasteiger charge is 2.27. The third-order valence-electron chi connectivity index (χ3n) is 5.06. The van der Waals surface area contributed by atoms with Crippen molar-refractivity contribution in [2.24, 2.45) is 11.8 Å². The maximum atomic E-state index is 13.1. The minimum Gasteiger partial charge on any atom is -0.372 e. The van der Waals surface area contributed by atoms with Crippen molar-refractivity contribution in [2.75, 3.05) is 13.1 Å². The molecule has 0 spiro atoms. The SMILES string of the molecule is CC(C)Cc1cc(C(=O)N2CCCC(OCc3ccccc3)C2)nnc1C(=O)NN. The van der Waals surface area contributed by atoms with Gasteiger partial charge in [-0.15, -0.1) is 10.2 Å². The number of aromatic nitrogens is 2. The van der Waals surface area contributed by atoms with Gasteiger partial charge >= 0.3 is 0 Å². The van der Waals surface area contributed by atoms with Crippen molar-refractivity contribution < 1.29 is 14.3 Å². The molecule has 1 unspecified atom stereocenters. The molecule has 8 heteroatoms. The van der Waals surface area contributed by atoms with Gasteiger partial charge in [0.15, 0.2) is 11.4 Å². The van der Waals surface area contributed by atoms with Crippen LogP contribution >= 0.6 is 0 Å². The highest BCUT2D eigenvalue weighted by molar-refractivity contribution is 5.96. The molecular formula is C22H29N5O3. The first-order valence-corrected chi connectivity index (χ1v) is 10.3. The van der Waals surface area contributed by atoms with Crippen molar-refractivity contribution in [3.63, 3.8) is 0 Å². The number of nitrogens with two attached hydrogens (primary N) is 1. The molecule has 1 aliphatic heterocycles. The zero-order valence-electron chi connectivity index (χ0n) is 17.5. The average molecular weight is 412 g/mol. The molecule has 3 N–H and O–H groups in total. The molecule has 2 heterocycles. The quantitative estimate of drug-likeness (QED) is 0.410. The van der Waals surface area contributed by atoms with Crippen LogP contribution in [0.15, 0.2) is 36.4 Å². The summed E-state index contributed by atoms with van der Waals surface area (Å²) in [5, 5.41) is 8.00. The van der Waals surface area contributed by atoms with Crippen molar-refractivity contribution in [3.8, 4) is 0 Å². The van der Waals surface area contributed by atoms with E-state index in [0.29, 0.717) is 31.7 Å². The van der Waals surface area contributed by atoms with E-state index in [1.807, 2.05) is 44.2 Å². The van der Waals surface area contributed by atoms with E-state index in [9.17, 15) is 9.59 Å². The van der Waals surface area contributed by atoms with Crippen LogP contribution in [-0.4, -0.2) is 46.1 Å². The van der Waals surface area contributed by atoms with E-state index in [1.165, 1.54) is 0 Å². The topological polar surface area (TPSA) is 110 Å². The molecule has 0 aliphatic carbocycles. The molecule has 2 amide bonds. The second-order valence-corrected chi connectivity index (χ2v) is 7.99. The largest absolute Gasteiger partial charge is 0.372 e. The number of nitrogens with one attached hydrogen (secondary N) is 1. The van der Waals surface area contributed by atoms with E-state index in [0.717, 1.165) is 18.4 Å². The third kappa shape index (κ3) is 5.61. The maximum Gasteiger partial charge on any atom is 0.285 e. The lowest BCUT2D eigenvalue weighted by Crippen LogP contribution is -2.43. The molecule has 3 rings (SSSR count). The number of nitrogens with zero attached hydrogens (tertiary/aromatic N) is 3. The van der Waals surface area contributed by atoms with Gasteiger partial charge in [0.25, 0.3) is 11.8 Å². The Morgan fingerprint density at radius 2 is 2.03 bits per heavy atom. The van der Waals surface area contributed by atoms with Crippen LogP contribution in [0.4, 0.5) is 0 Å². The van der Waals surface area contributed by atoms with Crippen LogP contribution in [0.1, 0.15) is 58.8 Å². The Bertz CT molecular complexity index is 872. The summed E-state index contributed by atoms with van der Waals surface area (Å²) in [6, 6.07) is 11.7. The summed E-state index contributed by atoms with van der Waals surface area (Å²) in [7, 11) is 0. The van der Waals surface area contributed by atoms with E-state index in [1.54, 1.807) is 11.0 Å². The van der Waals surface area contributed by atoms with Gasteiger partial charge < -0.3 is 9.64 Å². The smallest absolute Gasteiger partial charge is 0.285 e. The third-order valence-corrected chi connectivity index (χ3v) is 5.06. The first kappa shape index (κ1) is 21.9. The van der Waals surface area contributed by atoms with Crippen molar-refractivity contribution in [1.29, 1.82) is 0 Å². The van der Waals surface area contributed by atoms with Crippen molar-refractivity contribution >= 4 is 11.8 Å². The molecule has 0 saturated carbocycles. The molecule has 30 heavy (non-hydrogen) atoms. The fourth-order valence-corrected chi connectivity index (χ4v) is 3.60. The first-order chi connectivity index (χ1) is 14.5. The molecule has 1 aliphatic rings. The number of likely N-dealkylation sites (tertiary alicyclic amines) is 1. The van der Waals surface area contributed by atoms with Crippen LogP contribution in [0, 0.1) is 5.92 Å². The maximum absolute atomic E-state index is 13.1. The van der Waals surface area contributed by atoms with E-state index < -0.39 is 5.91 Å². The summed E-state index contributed by atoms with van der Waals surface area (Å²) in [5.41, 5.74) is 4.26. The predicted molar refractivity (Wildman–Crippen MR) is 112 cm³/mol. The van der Waals surface area contributed by atoms with Gasteiger partial charge in [-0.1, -0.05) is 44.2 Å². The number of carbonyl (C=O) groups excluding carboxylic acids is 2. The Balaban J connectivity index is 1.69. The minimum atomic E-state index is -0.510. The number of benzene rings is 1. The summed E-state index contributed by atoms with van der Waals surface area (Å²) in [4.78, 5) is 26.8. The van der Waals surface area contributed by atoms with Gasteiger partial charge in [-0.3, -0.25) is 15.0 Å². The van der Waals surface area contributed by atoms with E-state index >= 15 is 0 Å². The van der Waals surface area contributed by atoms with E-state index in [2.05, 4.69) is 15.6 Å². The Morgan fingerprint density at radius 3 is 2.73 bits per heavy atom. The number of hydrogen-bond acceptors (Lipinski definition) is 6. The molecule has 1 fully saturated rings. The van der Waals surface area contributed by atoms with Crippen molar-refractivity contribution in [3.05, 3.63) is 58.9 Å². The second-order valence-electron chi connectivity index (χ2n) is 7.99. The van der Waals surface area contributed by atoms with Gasteiger partial charge in [0.1, 0.15) is 0 Å². The van der Waals surface area contributed by atoms with Crippen LogP contribution in [0.25, 0.3) is 0 Å². The number of carbonyl (C=O) groups is 2. The molecule has 8 nitrogen and oxygen atoms in total. The molecular weight excluding hydrogens is 382 g/mol. The Hall–Kier alpha value is -2.84. The van der Waals surface area contributed by atoms with E-state index in [-0.39, 0.29) is 29.3 Å². The Morgan fingerprint density at radius 1 is 1.27 bits per heavy atom. The lowest BCUT2D eigenvalue weighted by Gasteiger charge is -2.32. The summed E-state index contributed by atoms with van der Waals surface area (Å²) in [6.07, 6.45) is 2.36. The fourth-order valence-electron chi connectivity index (χ4n) is 3.60. The number of rotatable bonds is 7. The standard InChI is InChI=1S/C22H29N5O3/c1-15(2)11-17-12-19(25-26-20(17)21(28)24-23)22(29)27-10-6-9-18(13-27)30-14-16-7-4-3-5-8-16/h3-5,7-8,12,15,18H,6,9-11,13-14,23H2,1-2H3,(H,24,28). The van der Waals surface area contributed by atoms with Gasteiger partial charge in [0.05, 0.1) is 12.7 Å². The number of hydrogen-bond donors (Lipinski definition) is 2. The number of nitrogen functional groups attached to an aromatic ring is 1. The molecule has 2 aromatic rings. The highest BCUT2D eigenvalue weighted by atomic mass is 16.5.